The third-order valence-electron chi connectivity index (χ3n) is 3.70. The predicted molar refractivity (Wildman–Crippen MR) is 82.8 cm³/mol. The van der Waals surface area contributed by atoms with E-state index >= 15 is 0 Å². The van der Waals surface area contributed by atoms with E-state index in [-0.39, 0.29) is 12.0 Å². The number of carbonyl (C=O) groups is 1. The standard InChI is InChI=1S/C15H21BrN2O2/c1-2-12(19)11-17-7-9-18(10-8-17)15(20)13-5-3-4-6-14(13)16/h3-6,12,19H,2,7-11H2,1H3. The molecule has 4 nitrogen and oxygen atoms in total. The monoisotopic (exact) mass is 340 g/mol. The van der Waals surface area contributed by atoms with Crippen molar-refractivity contribution in [2.24, 2.45) is 0 Å². The van der Waals surface area contributed by atoms with Gasteiger partial charge in [0.05, 0.1) is 11.7 Å². The highest BCUT2D eigenvalue weighted by Gasteiger charge is 2.23. The fourth-order valence-electron chi connectivity index (χ4n) is 2.37. The number of aliphatic hydroxyl groups excluding tert-OH is 1. The normalized spacial score (nSPS) is 18.1. The number of nitrogens with zero attached hydrogens (tertiary/aromatic N) is 2. The highest BCUT2D eigenvalue weighted by atomic mass is 79.9. The van der Waals surface area contributed by atoms with Gasteiger partial charge in [0.25, 0.3) is 5.91 Å². The Kier molecular flexibility index (Phi) is 5.57. The Hall–Kier alpha value is -0.910. The largest absolute Gasteiger partial charge is 0.392 e. The number of carbonyl (C=O) groups excluding carboxylic acids is 1. The van der Waals surface area contributed by atoms with Crippen molar-refractivity contribution < 1.29 is 9.90 Å². The summed E-state index contributed by atoms with van der Waals surface area (Å²) >= 11 is 3.43. The summed E-state index contributed by atoms with van der Waals surface area (Å²) in [7, 11) is 0. The van der Waals surface area contributed by atoms with E-state index in [0.717, 1.165) is 42.6 Å². The summed E-state index contributed by atoms with van der Waals surface area (Å²) in [6, 6.07) is 7.53. The third-order valence-corrected chi connectivity index (χ3v) is 4.40. The molecule has 20 heavy (non-hydrogen) atoms. The first kappa shape index (κ1) is 15.5. The van der Waals surface area contributed by atoms with Gasteiger partial charge in [-0.05, 0) is 34.5 Å². The maximum Gasteiger partial charge on any atom is 0.255 e. The zero-order valence-corrected chi connectivity index (χ0v) is 13.3. The van der Waals surface area contributed by atoms with Gasteiger partial charge in [-0.25, -0.2) is 0 Å². The second kappa shape index (κ2) is 7.20. The summed E-state index contributed by atoms with van der Waals surface area (Å²) in [5.41, 5.74) is 0.717. The quantitative estimate of drug-likeness (QED) is 0.911. The number of piperazine rings is 1. The molecule has 1 aromatic rings. The number of rotatable bonds is 4. The summed E-state index contributed by atoms with van der Waals surface area (Å²) in [5.74, 6) is 0.0770. The molecule has 0 bridgehead atoms. The van der Waals surface area contributed by atoms with Gasteiger partial charge in [-0.2, -0.15) is 0 Å². The van der Waals surface area contributed by atoms with Crippen molar-refractivity contribution in [2.45, 2.75) is 19.4 Å². The van der Waals surface area contributed by atoms with Crippen LogP contribution in [0.4, 0.5) is 0 Å². The van der Waals surface area contributed by atoms with Crippen LogP contribution in [0.1, 0.15) is 23.7 Å². The summed E-state index contributed by atoms with van der Waals surface area (Å²) in [6.07, 6.45) is 0.511. The first-order valence-electron chi connectivity index (χ1n) is 7.06. The van der Waals surface area contributed by atoms with Crippen LogP contribution in [0.2, 0.25) is 0 Å². The van der Waals surface area contributed by atoms with Gasteiger partial charge in [0.15, 0.2) is 0 Å². The first-order valence-corrected chi connectivity index (χ1v) is 7.85. The summed E-state index contributed by atoms with van der Waals surface area (Å²) in [6.45, 7) is 5.78. The Labute approximate surface area is 128 Å². The molecule has 0 saturated carbocycles. The van der Waals surface area contributed by atoms with Crippen LogP contribution in [0, 0.1) is 0 Å². The van der Waals surface area contributed by atoms with Crippen LogP contribution in [0.25, 0.3) is 0 Å². The van der Waals surface area contributed by atoms with Crippen molar-refractivity contribution in [3.63, 3.8) is 0 Å². The van der Waals surface area contributed by atoms with Crippen molar-refractivity contribution in [1.82, 2.24) is 9.80 Å². The van der Waals surface area contributed by atoms with Gasteiger partial charge < -0.3 is 10.0 Å². The molecule has 0 radical (unpaired) electrons. The maximum atomic E-state index is 12.4. The minimum Gasteiger partial charge on any atom is -0.392 e. The number of aliphatic hydroxyl groups is 1. The van der Waals surface area contributed by atoms with E-state index in [4.69, 9.17) is 0 Å². The van der Waals surface area contributed by atoms with Gasteiger partial charge in [-0.15, -0.1) is 0 Å². The zero-order chi connectivity index (χ0) is 14.5. The molecule has 1 atom stereocenters. The molecule has 1 aromatic carbocycles. The van der Waals surface area contributed by atoms with Gasteiger partial charge in [0.1, 0.15) is 0 Å². The number of hydrogen-bond acceptors (Lipinski definition) is 3. The molecular formula is C15H21BrN2O2. The van der Waals surface area contributed by atoms with Crippen molar-refractivity contribution in [1.29, 1.82) is 0 Å². The van der Waals surface area contributed by atoms with Crippen molar-refractivity contribution >= 4 is 21.8 Å². The molecule has 5 heteroatoms. The van der Waals surface area contributed by atoms with Gasteiger partial charge in [-0.1, -0.05) is 19.1 Å². The summed E-state index contributed by atoms with van der Waals surface area (Å²) < 4.78 is 0.842. The molecule has 1 saturated heterocycles. The number of benzene rings is 1. The maximum absolute atomic E-state index is 12.4. The molecule has 0 spiro atoms. The molecular weight excluding hydrogens is 320 g/mol. The van der Waals surface area contributed by atoms with Crippen molar-refractivity contribution in [2.75, 3.05) is 32.7 Å². The average molecular weight is 341 g/mol. The molecule has 110 valence electrons. The predicted octanol–water partition coefficient (Wildman–Crippen LogP) is 1.98. The first-order chi connectivity index (χ1) is 9.61. The summed E-state index contributed by atoms with van der Waals surface area (Å²) in [4.78, 5) is 16.5. The van der Waals surface area contributed by atoms with E-state index in [1.54, 1.807) is 0 Å². The number of β-amino-alcohol motifs (C(OH)–C–C–N with tert-alkyl or cyclic N) is 1. The molecule has 1 N–H and O–H groups in total. The minimum atomic E-state index is -0.263. The van der Waals surface area contributed by atoms with Crippen LogP contribution in [-0.4, -0.2) is 59.6 Å². The van der Waals surface area contributed by atoms with Gasteiger partial charge in [0, 0.05) is 37.2 Å². The van der Waals surface area contributed by atoms with Crippen LogP contribution in [0.3, 0.4) is 0 Å². The third kappa shape index (κ3) is 3.81. The lowest BCUT2D eigenvalue weighted by molar-refractivity contribution is 0.0523. The Morgan fingerprint density at radius 2 is 1.95 bits per heavy atom. The van der Waals surface area contributed by atoms with E-state index < -0.39 is 0 Å². The number of hydrogen-bond donors (Lipinski definition) is 1. The lowest BCUT2D eigenvalue weighted by atomic mass is 10.1. The number of halogens is 1. The Morgan fingerprint density at radius 3 is 2.55 bits per heavy atom. The Morgan fingerprint density at radius 1 is 1.30 bits per heavy atom. The fraction of sp³-hybridized carbons (Fsp3) is 0.533. The zero-order valence-electron chi connectivity index (χ0n) is 11.8. The highest BCUT2D eigenvalue weighted by molar-refractivity contribution is 9.10. The molecule has 1 aliphatic rings. The fourth-order valence-corrected chi connectivity index (χ4v) is 2.82. The van der Waals surface area contributed by atoms with Crippen LogP contribution in [0.15, 0.2) is 28.7 Å². The highest BCUT2D eigenvalue weighted by Crippen LogP contribution is 2.18. The van der Waals surface area contributed by atoms with Crippen LogP contribution < -0.4 is 0 Å². The minimum absolute atomic E-state index is 0.0770. The average Bonchev–Trinajstić information content (AvgIpc) is 2.47. The molecule has 0 aliphatic carbocycles. The second-order valence-electron chi connectivity index (χ2n) is 5.13. The molecule has 0 aromatic heterocycles. The molecule has 1 aliphatic heterocycles. The van der Waals surface area contributed by atoms with Crippen molar-refractivity contribution in [3.8, 4) is 0 Å². The lowest BCUT2D eigenvalue weighted by Crippen LogP contribution is -2.50. The molecule has 2 rings (SSSR count). The van der Waals surface area contributed by atoms with Crippen LogP contribution in [-0.2, 0) is 0 Å². The van der Waals surface area contributed by atoms with E-state index in [1.807, 2.05) is 36.1 Å². The molecule has 1 fully saturated rings. The molecule has 1 amide bonds. The van der Waals surface area contributed by atoms with Crippen LogP contribution in [0.5, 0.6) is 0 Å². The van der Waals surface area contributed by atoms with E-state index in [1.165, 1.54) is 0 Å². The lowest BCUT2D eigenvalue weighted by Gasteiger charge is -2.35. The van der Waals surface area contributed by atoms with Gasteiger partial charge in [-0.3, -0.25) is 9.69 Å². The number of amides is 1. The smallest absolute Gasteiger partial charge is 0.255 e. The Balaban J connectivity index is 1.91. The van der Waals surface area contributed by atoms with E-state index in [2.05, 4.69) is 20.8 Å². The molecule has 1 heterocycles. The van der Waals surface area contributed by atoms with E-state index in [9.17, 15) is 9.90 Å². The second-order valence-corrected chi connectivity index (χ2v) is 5.99. The topological polar surface area (TPSA) is 43.8 Å². The Bertz CT molecular complexity index is 459. The van der Waals surface area contributed by atoms with Gasteiger partial charge in [0.2, 0.25) is 0 Å². The van der Waals surface area contributed by atoms with E-state index in [0.29, 0.717) is 6.54 Å². The van der Waals surface area contributed by atoms with Crippen molar-refractivity contribution in [3.05, 3.63) is 34.3 Å². The summed E-state index contributed by atoms with van der Waals surface area (Å²) in [5, 5.41) is 9.67. The van der Waals surface area contributed by atoms with Gasteiger partial charge >= 0.3 is 0 Å². The SMILES string of the molecule is CCC(O)CN1CCN(C(=O)c2ccccc2Br)CC1. The van der Waals surface area contributed by atoms with Crippen LogP contribution >= 0.6 is 15.9 Å². The molecule has 1 unspecified atom stereocenters.